The van der Waals surface area contributed by atoms with Crippen LogP contribution in [0.15, 0.2) is 0 Å². The minimum absolute atomic E-state index is 0.00137. The van der Waals surface area contributed by atoms with Crippen molar-refractivity contribution in [1.29, 1.82) is 0 Å². The third kappa shape index (κ3) is 2.18. The van der Waals surface area contributed by atoms with E-state index in [0.717, 1.165) is 25.4 Å². The van der Waals surface area contributed by atoms with Crippen LogP contribution in [0.5, 0.6) is 0 Å². The van der Waals surface area contributed by atoms with E-state index in [4.69, 9.17) is 4.74 Å². The van der Waals surface area contributed by atoms with Crippen LogP contribution in [0.25, 0.3) is 0 Å². The molecule has 0 radical (unpaired) electrons. The SMILES string of the molecule is CC1(C)[C@@H]2CC[C@@]1(C)[C@H](OC(=O)CN1CCCCC1)C2. The summed E-state index contributed by atoms with van der Waals surface area (Å²) in [7, 11) is 0. The van der Waals surface area contributed by atoms with Crippen LogP contribution in [-0.4, -0.2) is 36.6 Å². The molecule has 0 aromatic rings. The van der Waals surface area contributed by atoms with E-state index >= 15 is 0 Å². The van der Waals surface area contributed by atoms with Gasteiger partial charge in [0, 0.05) is 5.41 Å². The van der Waals surface area contributed by atoms with Gasteiger partial charge in [0.1, 0.15) is 6.10 Å². The maximum absolute atomic E-state index is 12.2. The van der Waals surface area contributed by atoms with Crippen molar-refractivity contribution in [2.24, 2.45) is 16.7 Å². The first-order valence-electron chi connectivity index (χ1n) is 8.35. The molecule has 1 heterocycles. The highest BCUT2D eigenvalue weighted by molar-refractivity contribution is 5.72. The Bertz CT molecular complexity index is 386. The van der Waals surface area contributed by atoms with E-state index in [0.29, 0.717) is 12.0 Å². The van der Waals surface area contributed by atoms with Crippen molar-refractivity contribution in [3.05, 3.63) is 0 Å². The first-order valence-corrected chi connectivity index (χ1v) is 8.35. The molecule has 2 saturated carbocycles. The second-order valence-electron chi connectivity index (χ2n) is 7.93. The summed E-state index contributed by atoms with van der Waals surface area (Å²) in [5.41, 5.74) is 0.512. The zero-order chi connectivity index (χ0) is 14.4. The van der Waals surface area contributed by atoms with Gasteiger partial charge in [-0.05, 0) is 56.5 Å². The Balaban J connectivity index is 1.57. The van der Waals surface area contributed by atoms with Crippen LogP contribution in [0.4, 0.5) is 0 Å². The Morgan fingerprint density at radius 1 is 1.20 bits per heavy atom. The Kier molecular flexibility index (Phi) is 3.60. The molecule has 3 nitrogen and oxygen atoms in total. The van der Waals surface area contributed by atoms with Crippen molar-refractivity contribution in [3.8, 4) is 0 Å². The summed E-state index contributed by atoms with van der Waals surface area (Å²) in [6.45, 7) is 9.68. The quantitative estimate of drug-likeness (QED) is 0.743. The predicted octanol–water partition coefficient (Wildman–Crippen LogP) is 3.23. The van der Waals surface area contributed by atoms with Gasteiger partial charge in [0.25, 0.3) is 0 Å². The summed E-state index contributed by atoms with van der Waals surface area (Å²) in [5.74, 6) is 0.738. The minimum Gasteiger partial charge on any atom is -0.461 e. The number of esters is 1. The van der Waals surface area contributed by atoms with Crippen molar-refractivity contribution in [1.82, 2.24) is 4.90 Å². The molecule has 3 aliphatic rings. The molecule has 0 unspecified atom stereocenters. The van der Waals surface area contributed by atoms with Crippen LogP contribution in [0.3, 0.4) is 0 Å². The molecule has 3 rings (SSSR count). The van der Waals surface area contributed by atoms with E-state index in [-0.39, 0.29) is 17.5 Å². The molecule has 0 N–H and O–H groups in total. The number of nitrogens with zero attached hydrogens (tertiary/aromatic N) is 1. The first kappa shape index (κ1) is 14.4. The van der Waals surface area contributed by atoms with Gasteiger partial charge in [-0.3, -0.25) is 9.69 Å². The molecule has 1 aliphatic heterocycles. The maximum Gasteiger partial charge on any atom is 0.320 e. The lowest BCUT2D eigenvalue weighted by Gasteiger charge is -2.38. The molecule has 0 amide bonds. The largest absolute Gasteiger partial charge is 0.461 e. The molecule has 0 spiro atoms. The van der Waals surface area contributed by atoms with E-state index in [1.165, 1.54) is 32.1 Å². The summed E-state index contributed by atoms with van der Waals surface area (Å²) in [4.78, 5) is 14.5. The highest BCUT2D eigenvalue weighted by Gasteiger charge is 2.62. The van der Waals surface area contributed by atoms with Gasteiger partial charge in [-0.15, -0.1) is 0 Å². The third-order valence-corrected chi connectivity index (χ3v) is 6.79. The van der Waals surface area contributed by atoms with Gasteiger partial charge in [-0.1, -0.05) is 27.2 Å². The molecular weight excluding hydrogens is 250 g/mol. The summed E-state index contributed by atoms with van der Waals surface area (Å²) >= 11 is 0. The van der Waals surface area contributed by atoms with Crippen LogP contribution >= 0.6 is 0 Å². The minimum atomic E-state index is 0.00137. The van der Waals surface area contributed by atoms with Crippen molar-refractivity contribution in [2.45, 2.75) is 65.4 Å². The summed E-state index contributed by atoms with van der Waals surface area (Å²) < 4.78 is 5.91. The van der Waals surface area contributed by atoms with Crippen LogP contribution in [0.1, 0.15) is 59.3 Å². The first-order chi connectivity index (χ1) is 9.43. The molecule has 20 heavy (non-hydrogen) atoms. The van der Waals surface area contributed by atoms with Gasteiger partial charge in [-0.25, -0.2) is 0 Å². The fourth-order valence-electron chi connectivity index (χ4n) is 4.80. The van der Waals surface area contributed by atoms with E-state index < -0.39 is 0 Å². The van der Waals surface area contributed by atoms with Crippen LogP contribution in [0.2, 0.25) is 0 Å². The number of likely N-dealkylation sites (tertiary alicyclic amines) is 1. The second-order valence-corrected chi connectivity index (χ2v) is 7.93. The van der Waals surface area contributed by atoms with E-state index in [1.54, 1.807) is 0 Å². The smallest absolute Gasteiger partial charge is 0.320 e. The molecule has 0 aromatic carbocycles. The molecule has 2 aliphatic carbocycles. The summed E-state index contributed by atoms with van der Waals surface area (Å²) in [6.07, 6.45) is 7.51. The van der Waals surface area contributed by atoms with Gasteiger partial charge in [0.2, 0.25) is 0 Å². The van der Waals surface area contributed by atoms with Crippen molar-refractivity contribution >= 4 is 5.97 Å². The molecule has 3 fully saturated rings. The molecular formula is C17H29NO2. The van der Waals surface area contributed by atoms with Crippen molar-refractivity contribution < 1.29 is 9.53 Å². The highest BCUT2D eigenvalue weighted by atomic mass is 16.5. The molecule has 114 valence electrons. The molecule has 3 heteroatoms. The van der Waals surface area contributed by atoms with Gasteiger partial charge < -0.3 is 4.74 Å². The Labute approximate surface area is 123 Å². The zero-order valence-electron chi connectivity index (χ0n) is 13.3. The topological polar surface area (TPSA) is 29.5 Å². The van der Waals surface area contributed by atoms with Gasteiger partial charge in [0.15, 0.2) is 0 Å². The number of hydrogen-bond donors (Lipinski definition) is 0. The zero-order valence-corrected chi connectivity index (χ0v) is 13.3. The lowest BCUT2D eigenvalue weighted by molar-refractivity contribution is -0.158. The molecule has 1 saturated heterocycles. The predicted molar refractivity (Wildman–Crippen MR) is 79.4 cm³/mol. The van der Waals surface area contributed by atoms with Gasteiger partial charge in [-0.2, -0.15) is 0 Å². The van der Waals surface area contributed by atoms with E-state index in [9.17, 15) is 4.79 Å². The number of hydrogen-bond acceptors (Lipinski definition) is 3. The number of fused-ring (bicyclic) bond motifs is 2. The van der Waals surface area contributed by atoms with Crippen molar-refractivity contribution in [3.63, 3.8) is 0 Å². The van der Waals surface area contributed by atoms with E-state index in [2.05, 4.69) is 25.7 Å². The lowest BCUT2D eigenvalue weighted by atomic mass is 9.70. The van der Waals surface area contributed by atoms with Gasteiger partial charge in [0.05, 0.1) is 6.54 Å². The summed E-state index contributed by atoms with van der Waals surface area (Å²) in [5, 5.41) is 0. The van der Waals surface area contributed by atoms with Crippen LogP contribution < -0.4 is 0 Å². The third-order valence-electron chi connectivity index (χ3n) is 6.79. The molecule has 0 aromatic heterocycles. The number of piperidine rings is 1. The van der Waals surface area contributed by atoms with Gasteiger partial charge >= 0.3 is 5.97 Å². The monoisotopic (exact) mass is 279 g/mol. The Hall–Kier alpha value is -0.570. The molecule has 3 atom stereocenters. The Morgan fingerprint density at radius 2 is 1.90 bits per heavy atom. The van der Waals surface area contributed by atoms with Crippen LogP contribution in [0, 0.1) is 16.7 Å². The number of rotatable bonds is 3. The highest BCUT2D eigenvalue weighted by Crippen LogP contribution is 2.66. The normalized spacial score (nSPS) is 40.0. The second kappa shape index (κ2) is 5.01. The average Bonchev–Trinajstić information content (AvgIpc) is 2.73. The fraction of sp³-hybridized carbons (Fsp3) is 0.941. The number of carbonyl (C=O) groups excluding carboxylic acids is 1. The summed E-state index contributed by atoms with van der Waals surface area (Å²) in [6, 6.07) is 0. The van der Waals surface area contributed by atoms with E-state index in [1.807, 2.05) is 0 Å². The van der Waals surface area contributed by atoms with Crippen molar-refractivity contribution in [2.75, 3.05) is 19.6 Å². The number of ether oxygens (including phenoxy) is 1. The van der Waals surface area contributed by atoms with Crippen LogP contribution in [-0.2, 0) is 9.53 Å². The lowest BCUT2D eigenvalue weighted by Crippen LogP contribution is -2.41. The molecule has 2 bridgehead atoms. The fourth-order valence-corrected chi connectivity index (χ4v) is 4.80. The Morgan fingerprint density at radius 3 is 2.45 bits per heavy atom. The average molecular weight is 279 g/mol. The number of carbonyl (C=O) groups is 1. The standard InChI is InChI=1S/C17H29NO2/c1-16(2)13-7-8-17(16,3)14(11-13)20-15(19)12-18-9-5-4-6-10-18/h13-14H,4-12H2,1-3H3/t13-,14-,17+/m1/s1. The maximum atomic E-state index is 12.2.